The third-order valence-electron chi connectivity index (χ3n) is 2.58. The topological polar surface area (TPSA) is 62.4 Å². The Morgan fingerprint density at radius 1 is 1.53 bits per heavy atom. The molecule has 0 aromatic carbocycles. The number of aromatic nitrogens is 1. The zero-order chi connectivity index (χ0) is 13.1. The summed E-state index contributed by atoms with van der Waals surface area (Å²) in [6.07, 6.45) is 1.76. The molecule has 0 radical (unpaired) electrons. The number of pyridine rings is 1. The Labute approximate surface area is 103 Å². The summed E-state index contributed by atoms with van der Waals surface area (Å²) in [6, 6.07) is 3.91. The Morgan fingerprint density at radius 3 is 2.65 bits per heavy atom. The van der Waals surface area contributed by atoms with Crippen LogP contribution in [0.2, 0.25) is 0 Å². The maximum absolute atomic E-state index is 9.86. The summed E-state index contributed by atoms with van der Waals surface area (Å²) in [6.45, 7) is 8.95. The van der Waals surface area contributed by atoms with E-state index in [1.807, 2.05) is 30.9 Å². The average Bonchev–Trinajstić information content (AvgIpc) is 2.25. The molecule has 0 saturated carbocycles. The fourth-order valence-corrected chi connectivity index (χ4v) is 1.71. The van der Waals surface area contributed by atoms with Crippen LogP contribution in [0, 0.1) is 0 Å². The van der Waals surface area contributed by atoms with E-state index in [2.05, 4.69) is 4.98 Å². The molecule has 1 aromatic heterocycles. The molecular weight excluding hydrogens is 214 g/mol. The normalized spacial score (nSPS) is 13.5. The largest absolute Gasteiger partial charge is 0.389 e. The van der Waals surface area contributed by atoms with Crippen LogP contribution in [-0.2, 0) is 0 Å². The van der Waals surface area contributed by atoms with Crippen LogP contribution in [0.15, 0.2) is 18.3 Å². The molecule has 4 nitrogen and oxygen atoms in total. The molecule has 96 valence electrons. The predicted octanol–water partition coefficient (Wildman–Crippen LogP) is 1.70. The van der Waals surface area contributed by atoms with Crippen LogP contribution in [0.1, 0.15) is 39.3 Å². The minimum Gasteiger partial charge on any atom is -0.389 e. The first-order chi connectivity index (χ1) is 7.83. The van der Waals surface area contributed by atoms with Gasteiger partial charge in [-0.3, -0.25) is 0 Å². The lowest BCUT2D eigenvalue weighted by molar-refractivity contribution is 0.0874. The second-order valence-electron chi connectivity index (χ2n) is 5.06. The van der Waals surface area contributed by atoms with Crippen LogP contribution < -0.4 is 10.6 Å². The summed E-state index contributed by atoms with van der Waals surface area (Å²) < 4.78 is 0. The lowest BCUT2D eigenvalue weighted by atomic mass is 10.1. The van der Waals surface area contributed by atoms with Gasteiger partial charge >= 0.3 is 0 Å². The molecule has 0 aliphatic rings. The highest BCUT2D eigenvalue weighted by atomic mass is 16.3. The third-order valence-corrected chi connectivity index (χ3v) is 2.58. The Morgan fingerprint density at radius 2 is 2.18 bits per heavy atom. The van der Waals surface area contributed by atoms with Crippen LogP contribution in [0.4, 0.5) is 5.82 Å². The maximum Gasteiger partial charge on any atom is 0.128 e. The van der Waals surface area contributed by atoms with Crippen molar-refractivity contribution < 1.29 is 5.11 Å². The van der Waals surface area contributed by atoms with E-state index in [0.717, 1.165) is 17.9 Å². The first kappa shape index (κ1) is 13.9. The summed E-state index contributed by atoms with van der Waals surface area (Å²) in [5, 5.41) is 9.86. The Bertz CT molecular complexity index is 358. The molecule has 1 heterocycles. The van der Waals surface area contributed by atoms with Gasteiger partial charge in [-0.25, -0.2) is 4.98 Å². The van der Waals surface area contributed by atoms with Gasteiger partial charge < -0.3 is 15.7 Å². The molecular formula is C13H23N3O. The SMILES string of the molecule is CCN(CC(C)(C)O)c1cc(C(C)N)ccn1. The maximum atomic E-state index is 9.86. The summed E-state index contributed by atoms with van der Waals surface area (Å²) in [4.78, 5) is 6.38. The number of rotatable bonds is 5. The van der Waals surface area contributed by atoms with Crippen molar-refractivity contribution >= 4 is 5.82 Å². The van der Waals surface area contributed by atoms with Crippen LogP contribution >= 0.6 is 0 Å². The second kappa shape index (κ2) is 5.47. The predicted molar refractivity (Wildman–Crippen MR) is 71.0 cm³/mol. The first-order valence-electron chi connectivity index (χ1n) is 6.02. The van der Waals surface area contributed by atoms with Gasteiger partial charge in [-0.15, -0.1) is 0 Å². The molecule has 0 saturated heterocycles. The molecule has 1 rings (SSSR count). The van der Waals surface area contributed by atoms with Crippen LogP contribution in [0.3, 0.4) is 0 Å². The van der Waals surface area contributed by atoms with E-state index in [4.69, 9.17) is 5.73 Å². The van der Waals surface area contributed by atoms with Gasteiger partial charge in [0.2, 0.25) is 0 Å². The van der Waals surface area contributed by atoms with Crippen molar-refractivity contribution in [3.63, 3.8) is 0 Å². The number of anilines is 1. The molecule has 17 heavy (non-hydrogen) atoms. The van der Waals surface area contributed by atoms with Gasteiger partial charge in [0.25, 0.3) is 0 Å². The summed E-state index contributed by atoms with van der Waals surface area (Å²) >= 11 is 0. The van der Waals surface area contributed by atoms with Crippen LogP contribution in [0.25, 0.3) is 0 Å². The Kier molecular flexibility index (Phi) is 4.48. The molecule has 4 heteroatoms. The average molecular weight is 237 g/mol. The van der Waals surface area contributed by atoms with E-state index >= 15 is 0 Å². The monoisotopic (exact) mass is 237 g/mol. The van der Waals surface area contributed by atoms with Gasteiger partial charge in [0, 0.05) is 25.3 Å². The lowest BCUT2D eigenvalue weighted by Gasteiger charge is -2.29. The van der Waals surface area contributed by atoms with Crippen molar-refractivity contribution in [2.45, 2.75) is 39.3 Å². The van der Waals surface area contributed by atoms with Crippen molar-refractivity contribution in [1.29, 1.82) is 0 Å². The van der Waals surface area contributed by atoms with Crippen molar-refractivity contribution in [3.05, 3.63) is 23.9 Å². The summed E-state index contributed by atoms with van der Waals surface area (Å²) in [7, 11) is 0. The number of hydrogen-bond donors (Lipinski definition) is 2. The highest BCUT2D eigenvalue weighted by Crippen LogP contribution is 2.18. The standard InChI is InChI=1S/C13H23N3O/c1-5-16(9-13(3,4)17)12-8-11(10(2)14)6-7-15-12/h6-8,10,17H,5,9,14H2,1-4H3. The molecule has 1 aromatic rings. The van der Waals surface area contributed by atoms with Crippen LogP contribution in [0.5, 0.6) is 0 Å². The molecule has 0 fully saturated rings. The van der Waals surface area contributed by atoms with E-state index in [1.165, 1.54) is 0 Å². The van der Waals surface area contributed by atoms with Crippen LogP contribution in [-0.4, -0.2) is 28.8 Å². The number of likely N-dealkylation sites (N-methyl/N-ethyl adjacent to an activating group) is 1. The van der Waals surface area contributed by atoms with E-state index in [0.29, 0.717) is 6.54 Å². The van der Waals surface area contributed by atoms with E-state index in [-0.39, 0.29) is 6.04 Å². The van der Waals surface area contributed by atoms with Gasteiger partial charge in [-0.2, -0.15) is 0 Å². The molecule has 0 bridgehead atoms. The highest BCUT2D eigenvalue weighted by Gasteiger charge is 2.18. The molecule has 1 unspecified atom stereocenters. The fraction of sp³-hybridized carbons (Fsp3) is 0.615. The smallest absolute Gasteiger partial charge is 0.128 e. The number of nitrogens with two attached hydrogens (primary N) is 1. The van der Waals surface area contributed by atoms with E-state index < -0.39 is 5.60 Å². The summed E-state index contributed by atoms with van der Waals surface area (Å²) in [5.41, 5.74) is 6.18. The molecule has 3 N–H and O–H groups in total. The number of hydrogen-bond acceptors (Lipinski definition) is 4. The Balaban J connectivity index is 2.92. The molecule has 0 aliphatic heterocycles. The number of nitrogens with zero attached hydrogens (tertiary/aromatic N) is 2. The second-order valence-corrected chi connectivity index (χ2v) is 5.06. The van der Waals surface area contributed by atoms with Gasteiger partial charge in [0.05, 0.1) is 5.60 Å². The number of aliphatic hydroxyl groups is 1. The van der Waals surface area contributed by atoms with Gasteiger partial charge in [-0.05, 0) is 45.4 Å². The van der Waals surface area contributed by atoms with Gasteiger partial charge in [0.1, 0.15) is 5.82 Å². The third kappa shape index (κ3) is 4.32. The highest BCUT2D eigenvalue weighted by molar-refractivity contribution is 5.42. The zero-order valence-electron chi connectivity index (χ0n) is 11.1. The van der Waals surface area contributed by atoms with Crippen molar-refractivity contribution in [3.8, 4) is 0 Å². The summed E-state index contributed by atoms with van der Waals surface area (Å²) in [5.74, 6) is 0.865. The fourth-order valence-electron chi connectivity index (χ4n) is 1.71. The van der Waals surface area contributed by atoms with E-state index in [9.17, 15) is 5.11 Å². The molecule has 1 atom stereocenters. The first-order valence-corrected chi connectivity index (χ1v) is 6.02. The zero-order valence-corrected chi connectivity index (χ0v) is 11.1. The minimum atomic E-state index is -0.734. The molecule has 0 spiro atoms. The quantitative estimate of drug-likeness (QED) is 0.818. The molecule has 0 aliphatic carbocycles. The van der Waals surface area contributed by atoms with Crippen molar-refractivity contribution in [2.75, 3.05) is 18.0 Å². The minimum absolute atomic E-state index is 0.00223. The Hall–Kier alpha value is -1.13. The van der Waals surface area contributed by atoms with Gasteiger partial charge in [-0.1, -0.05) is 0 Å². The molecule has 0 amide bonds. The van der Waals surface area contributed by atoms with Crippen molar-refractivity contribution in [1.82, 2.24) is 4.98 Å². The van der Waals surface area contributed by atoms with E-state index in [1.54, 1.807) is 20.0 Å². The van der Waals surface area contributed by atoms with Gasteiger partial charge in [0.15, 0.2) is 0 Å². The van der Waals surface area contributed by atoms with Crippen molar-refractivity contribution in [2.24, 2.45) is 5.73 Å². The lowest BCUT2D eigenvalue weighted by Crippen LogP contribution is -2.39.